The predicted molar refractivity (Wildman–Crippen MR) is 109 cm³/mol. The van der Waals surface area contributed by atoms with E-state index < -0.39 is 0 Å². The van der Waals surface area contributed by atoms with Crippen LogP contribution in [0.4, 0.5) is 5.82 Å². The molecule has 3 heterocycles. The number of rotatable bonds is 3. The summed E-state index contributed by atoms with van der Waals surface area (Å²) in [5, 5.41) is 4.30. The molecule has 0 unspecified atom stereocenters. The lowest BCUT2D eigenvalue weighted by Crippen LogP contribution is -2.46. The van der Waals surface area contributed by atoms with Crippen molar-refractivity contribution in [3.8, 4) is 0 Å². The first-order valence-corrected chi connectivity index (χ1v) is 10.5. The molecule has 1 N–H and O–H groups in total. The van der Waals surface area contributed by atoms with Crippen molar-refractivity contribution in [3.05, 3.63) is 30.6 Å². The van der Waals surface area contributed by atoms with Gasteiger partial charge < -0.3 is 14.6 Å². The van der Waals surface area contributed by atoms with Crippen molar-refractivity contribution in [2.75, 3.05) is 18.0 Å². The quantitative estimate of drug-likeness (QED) is 0.745. The van der Waals surface area contributed by atoms with Gasteiger partial charge in [0.1, 0.15) is 17.4 Å². The van der Waals surface area contributed by atoms with Crippen LogP contribution in [0.5, 0.6) is 0 Å². The fraction of sp³-hybridized carbons (Fsp3) is 0.500. The molecule has 0 bridgehead atoms. The van der Waals surface area contributed by atoms with Gasteiger partial charge in [-0.1, -0.05) is 31.4 Å². The van der Waals surface area contributed by atoms with Crippen LogP contribution in [-0.2, 0) is 4.79 Å². The van der Waals surface area contributed by atoms with Crippen molar-refractivity contribution < 1.29 is 9.21 Å². The highest BCUT2D eigenvalue weighted by Gasteiger charge is 2.30. The fourth-order valence-corrected chi connectivity index (χ4v) is 4.69. The van der Waals surface area contributed by atoms with Crippen LogP contribution < -0.4 is 10.2 Å². The third kappa shape index (κ3) is 3.21. The molecule has 3 aromatic rings. The monoisotopic (exact) mass is 378 g/mol. The average Bonchev–Trinajstić information content (AvgIpc) is 3.13. The Morgan fingerprint density at radius 3 is 2.82 bits per heavy atom. The van der Waals surface area contributed by atoms with E-state index >= 15 is 0 Å². The summed E-state index contributed by atoms with van der Waals surface area (Å²) < 4.78 is 6.09. The van der Waals surface area contributed by atoms with Gasteiger partial charge in [-0.2, -0.15) is 0 Å². The van der Waals surface area contributed by atoms with E-state index in [4.69, 9.17) is 4.42 Å². The number of fused-ring (bicyclic) bond motifs is 3. The second kappa shape index (κ2) is 7.41. The van der Waals surface area contributed by atoms with E-state index in [9.17, 15) is 4.79 Å². The van der Waals surface area contributed by atoms with E-state index in [1.165, 1.54) is 19.3 Å². The maximum atomic E-state index is 12.9. The summed E-state index contributed by atoms with van der Waals surface area (Å²) in [7, 11) is 0. The fourth-order valence-electron chi connectivity index (χ4n) is 4.69. The lowest BCUT2D eigenvalue weighted by molar-refractivity contribution is -0.126. The van der Waals surface area contributed by atoms with E-state index in [1.54, 1.807) is 6.33 Å². The minimum atomic E-state index is 0.00469. The van der Waals surface area contributed by atoms with Gasteiger partial charge in [0, 0.05) is 24.5 Å². The molecular formula is C22H26N4O2. The maximum absolute atomic E-state index is 12.9. The number of amides is 1. The SMILES string of the molecule is O=C(NC1CCCCC1)[C@@H]1CCCN(c2ncnc3c2oc2ccccc23)C1. The van der Waals surface area contributed by atoms with Gasteiger partial charge in [-0.05, 0) is 37.8 Å². The third-order valence-corrected chi connectivity index (χ3v) is 6.18. The average molecular weight is 378 g/mol. The minimum absolute atomic E-state index is 0.00469. The zero-order valence-electron chi connectivity index (χ0n) is 16.1. The molecule has 2 aliphatic rings. The van der Waals surface area contributed by atoms with Gasteiger partial charge in [0.15, 0.2) is 11.4 Å². The van der Waals surface area contributed by atoms with Crippen LogP contribution in [0.25, 0.3) is 22.1 Å². The molecular weight excluding hydrogens is 352 g/mol. The Hall–Kier alpha value is -2.63. The lowest BCUT2D eigenvalue weighted by Gasteiger charge is -2.34. The molecule has 0 spiro atoms. The molecule has 1 atom stereocenters. The highest BCUT2D eigenvalue weighted by atomic mass is 16.3. The second-order valence-corrected chi connectivity index (χ2v) is 8.10. The topological polar surface area (TPSA) is 71.3 Å². The standard InChI is InChI=1S/C22H26N4O2/c27-22(25-16-8-2-1-3-9-16)15-7-6-12-26(13-15)21-20-19(23-14-24-21)17-10-4-5-11-18(17)28-20/h4-5,10-11,14-16H,1-3,6-9,12-13H2,(H,25,27)/t15-/m1/s1. The third-order valence-electron chi connectivity index (χ3n) is 6.18. The van der Waals surface area contributed by atoms with Crippen molar-refractivity contribution in [1.29, 1.82) is 0 Å². The van der Waals surface area contributed by atoms with Gasteiger partial charge in [0.25, 0.3) is 0 Å². The number of benzene rings is 1. The van der Waals surface area contributed by atoms with E-state index in [-0.39, 0.29) is 11.8 Å². The highest BCUT2D eigenvalue weighted by molar-refractivity contribution is 6.05. The molecule has 146 valence electrons. The number of hydrogen-bond acceptors (Lipinski definition) is 5. The van der Waals surface area contributed by atoms with Crippen LogP contribution in [0.1, 0.15) is 44.9 Å². The first-order valence-electron chi connectivity index (χ1n) is 10.5. The molecule has 2 fully saturated rings. The smallest absolute Gasteiger partial charge is 0.225 e. The number of furan rings is 1. The number of para-hydroxylation sites is 1. The molecule has 6 heteroatoms. The number of anilines is 1. The van der Waals surface area contributed by atoms with Gasteiger partial charge in [0.2, 0.25) is 5.91 Å². The summed E-state index contributed by atoms with van der Waals surface area (Å²) in [6, 6.07) is 8.29. The number of piperidine rings is 1. The number of hydrogen-bond donors (Lipinski definition) is 1. The Kier molecular flexibility index (Phi) is 4.63. The van der Waals surface area contributed by atoms with Crippen LogP contribution in [0.15, 0.2) is 35.0 Å². The molecule has 0 radical (unpaired) electrons. The summed E-state index contributed by atoms with van der Waals surface area (Å²) >= 11 is 0. The minimum Gasteiger partial charge on any atom is -0.450 e. The molecule has 2 aromatic heterocycles. The van der Waals surface area contributed by atoms with Crippen molar-refractivity contribution in [3.63, 3.8) is 0 Å². The molecule has 1 amide bonds. The van der Waals surface area contributed by atoms with Crippen LogP contribution in [0, 0.1) is 5.92 Å². The zero-order chi connectivity index (χ0) is 18.9. The molecule has 28 heavy (non-hydrogen) atoms. The molecule has 5 rings (SSSR count). The first-order chi connectivity index (χ1) is 13.8. The van der Waals surface area contributed by atoms with E-state index in [1.807, 2.05) is 24.3 Å². The number of nitrogens with one attached hydrogen (secondary N) is 1. The van der Waals surface area contributed by atoms with Gasteiger partial charge in [0.05, 0.1) is 5.92 Å². The number of aromatic nitrogens is 2. The Bertz CT molecular complexity index is 993. The Morgan fingerprint density at radius 2 is 1.93 bits per heavy atom. The van der Waals surface area contributed by atoms with Crippen molar-refractivity contribution >= 4 is 33.8 Å². The van der Waals surface area contributed by atoms with Crippen molar-refractivity contribution in [2.24, 2.45) is 5.92 Å². The highest BCUT2D eigenvalue weighted by Crippen LogP contribution is 2.33. The van der Waals surface area contributed by atoms with Crippen LogP contribution in [0.3, 0.4) is 0 Å². The van der Waals surface area contributed by atoms with E-state index in [2.05, 4.69) is 20.2 Å². The van der Waals surface area contributed by atoms with Gasteiger partial charge in [-0.15, -0.1) is 0 Å². The van der Waals surface area contributed by atoms with Gasteiger partial charge in [-0.25, -0.2) is 9.97 Å². The van der Waals surface area contributed by atoms with E-state index in [0.717, 1.165) is 60.1 Å². The van der Waals surface area contributed by atoms with E-state index in [0.29, 0.717) is 12.6 Å². The Morgan fingerprint density at radius 1 is 1.07 bits per heavy atom. The normalized spacial score (nSPS) is 21.3. The Balaban J connectivity index is 1.38. The predicted octanol–water partition coefficient (Wildman–Crippen LogP) is 4.04. The second-order valence-electron chi connectivity index (χ2n) is 8.10. The van der Waals surface area contributed by atoms with Crippen molar-refractivity contribution in [2.45, 2.75) is 51.0 Å². The summed E-state index contributed by atoms with van der Waals surface area (Å²) in [5.74, 6) is 1.01. The molecule has 6 nitrogen and oxygen atoms in total. The number of nitrogens with zero attached hydrogens (tertiary/aromatic N) is 3. The zero-order valence-corrected chi connectivity index (χ0v) is 16.1. The van der Waals surface area contributed by atoms with Crippen LogP contribution >= 0.6 is 0 Å². The summed E-state index contributed by atoms with van der Waals surface area (Å²) in [4.78, 5) is 24.0. The largest absolute Gasteiger partial charge is 0.450 e. The maximum Gasteiger partial charge on any atom is 0.225 e. The molecule has 1 saturated carbocycles. The molecule has 1 aliphatic heterocycles. The number of carbonyl (C=O) groups excluding carboxylic acids is 1. The van der Waals surface area contributed by atoms with Gasteiger partial charge in [-0.3, -0.25) is 4.79 Å². The summed E-state index contributed by atoms with van der Waals surface area (Å²) in [5.41, 5.74) is 2.38. The molecule has 1 saturated heterocycles. The van der Waals surface area contributed by atoms with Crippen LogP contribution in [0.2, 0.25) is 0 Å². The Labute approximate surface area is 164 Å². The number of carbonyl (C=O) groups is 1. The van der Waals surface area contributed by atoms with Gasteiger partial charge >= 0.3 is 0 Å². The first kappa shape index (κ1) is 17.5. The summed E-state index contributed by atoms with van der Waals surface area (Å²) in [6.45, 7) is 1.57. The molecule has 1 aliphatic carbocycles. The lowest BCUT2D eigenvalue weighted by atomic mass is 9.93. The van der Waals surface area contributed by atoms with Crippen LogP contribution in [-0.4, -0.2) is 35.0 Å². The molecule has 1 aromatic carbocycles. The summed E-state index contributed by atoms with van der Waals surface area (Å²) in [6.07, 6.45) is 9.51. The van der Waals surface area contributed by atoms with Crippen molar-refractivity contribution in [1.82, 2.24) is 15.3 Å².